The van der Waals surface area contributed by atoms with E-state index in [-0.39, 0.29) is 6.04 Å². The molecule has 2 aliphatic rings. The second-order valence-electron chi connectivity index (χ2n) is 7.25. The van der Waals surface area contributed by atoms with Crippen LogP contribution in [0.2, 0.25) is 0 Å². The Bertz CT molecular complexity index is 547. The van der Waals surface area contributed by atoms with Gasteiger partial charge in [0.25, 0.3) is 0 Å². The van der Waals surface area contributed by atoms with Gasteiger partial charge in [0, 0.05) is 5.75 Å². The minimum atomic E-state index is -0.762. The summed E-state index contributed by atoms with van der Waals surface area (Å²) in [4.78, 5) is 18.7. The number of carbonyl (C=O) groups excluding carboxylic acids is 1. The van der Waals surface area contributed by atoms with E-state index in [4.69, 9.17) is 9.47 Å². The van der Waals surface area contributed by atoms with Crippen LogP contribution in [0.4, 0.5) is 4.79 Å². The van der Waals surface area contributed by atoms with Crippen LogP contribution in [-0.2, 0) is 9.47 Å². The second kappa shape index (κ2) is 5.43. The maximum absolute atomic E-state index is 12.6. The molecule has 2 atom stereocenters. The molecule has 0 bridgehead atoms. The van der Waals surface area contributed by atoms with Gasteiger partial charge in [0.05, 0.1) is 17.7 Å². The first kappa shape index (κ1) is 17.1. The van der Waals surface area contributed by atoms with Crippen LogP contribution in [0.3, 0.4) is 0 Å². The molecule has 1 fully saturated rings. The third kappa shape index (κ3) is 3.39. The molecular formula is C15H23N3O3S. The van der Waals surface area contributed by atoms with Crippen LogP contribution in [0.1, 0.15) is 41.5 Å². The van der Waals surface area contributed by atoms with Crippen LogP contribution >= 0.6 is 11.8 Å². The summed E-state index contributed by atoms with van der Waals surface area (Å²) in [6, 6.07) is 1.91. The van der Waals surface area contributed by atoms with Gasteiger partial charge in [0.2, 0.25) is 0 Å². The molecular weight excluding hydrogens is 302 g/mol. The van der Waals surface area contributed by atoms with Crippen LogP contribution in [0.5, 0.6) is 0 Å². The predicted molar refractivity (Wildman–Crippen MR) is 85.8 cm³/mol. The van der Waals surface area contributed by atoms with Crippen molar-refractivity contribution in [1.29, 1.82) is 5.26 Å². The van der Waals surface area contributed by atoms with Gasteiger partial charge in [-0.1, -0.05) is 0 Å². The third-order valence-electron chi connectivity index (χ3n) is 3.46. The first-order valence-electron chi connectivity index (χ1n) is 7.27. The van der Waals surface area contributed by atoms with Gasteiger partial charge in [-0.2, -0.15) is 5.26 Å². The van der Waals surface area contributed by atoms with Crippen molar-refractivity contribution >= 4 is 22.9 Å². The minimum Gasteiger partial charge on any atom is -0.444 e. The summed E-state index contributed by atoms with van der Waals surface area (Å²) in [6.07, 6.45) is -0.422. The number of rotatable bonds is 1. The Hall–Kier alpha value is -1.26. The van der Waals surface area contributed by atoms with E-state index in [1.165, 1.54) is 11.8 Å². The fourth-order valence-corrected chi connectivity index (χ4v) is 3.58. The number of carbonyl (C=O) groups is 1. The highest BCUT2D eigenvalue weighted by Crippen LogP contribution is 2.36. The largest absolute Gasteiger partial charge is 0.444 e. The highest BCUT2D eigenvalue weighted by molar-refractivity contribution is 8.14. The lowest BCUT2D eigenvalue weighted by molar-refractivity contribution is -0.0604. The van der Waals surface area contributed by atoms with Crippen molar-refractivity contribution in [2.45, 2.75) is 64.4 Å². The van der Waals surface area contributed by atoms with Crippen LogP contribution < -0.4 is 0 Å². The molecule has 0 N–H and O–H groups in total. The molecule has 1 saturated heterocycles. The van der Waals surface area contributed by atoms with Crippen LogP contribution in [0.25, 0.3) is 0 Å². The van der Waals surface area contributed by atoms with Gasteiger partial charge in [0.15, 0.2) is 5.54 Å². The van der Waals surface area contributed by atoms with Gasteiger partial charge < -0.3 is 9.47 Å². The number of nitrogens with zero attached hydrogens (tertiary/aromatic N) is 3. The van der Waals surface area contributed by atoms with Crippen LogP contribution in [0, 0.1) is 11.3 Å². The summed E-state index contributed by atoms with van der Waals surface area (Å²) in [6.45, 7) is 11.3. The second-order valence-corrected chi connectivity index (χ2v) is 8.24. The predicted octanol–water partition coefficient (Wildman–Crippen LogP) is 2.79. The summed E-state index contributed by atoms with van der Waals surface area (Å²) < 4.78 is 11.3. The maximum atomic E-state index is 12.6. The van der Waals surface area contributed by atoms with E-state index in [0.29, 0.717) is 12.4 Å². The van der Waals surface area contributed by atoms with E-state index >= 15 is 0 Å². The molecule has 22 heavy (non-hydrogen) atoms. The molecule has 7 heteroatoms. The van der Waals surface area contributed by atoms with E-state index in [0.717, 1.165) is 5.04 Å². The molecule has 0 spiro atoms. The highest BCUT2D eigenvalue weighted by Gasteiger charge is 2.49. The van der Waals surface area contributed by atoms with E-state index in [1.54, 1.807) is 11.8 Å². The van der Waals surface area contributed by atoms with Crippen molar-refractivity contribution in [2.24, 2.45) is 4.99 Å². The molecule has 0 saturated carbocycles. The maximum Gasteiger partial charge on any atom is 0.413 e. The monoisotopic (exact) mass is 325 g/mol. The number of nitriles is 1. The van der Waals surface area contributed by atoms with Crippen LogP contribution in [-0.4, -0.2) is 51.3 Å². The van der Waals surface area contributed by atoms with Crippen molar-refractivity contribution in [2.75, 3.05) is 12.4 Å². The molecule has 2 rings (SSSR count). The van der Waals surface area contributed by atoms with E-state index in [2.05, 4.69) is 11.1 Å². The lowest BCUT2D eigenvalue weighted by Crippen LogP contribution is -2.51. The fourth-order valence-electron chi connectivity index (χ4n) is 2.39. The number of hydrogen-bond donors (Lipinski definition) is 0. The van der Waals surface area contributed by atoms with Crippen molar-refractivity contribution in [3.05, 3.63) is 0 Å². The summed E-state index contributed by atoms with van der Waals surface area (Å²) in [5.41, 5.74) is -2.07. The Morgan fingerprint density at radius 2 is 2.14 bits per heavy atom. The zero-order valence-electron chi connectivity index (χ0n) is 14.0. The van der Waals surface area contributed by atoms with Gasteiger partial charge >= 0.3 is 6.09 Å². The molecule has 0 unspecified atom stereocenters. The zero-order chi connectivity index (χ0) is 16.8. The Morgan fingerprint density at radius 3 is 2.64 bits per heavy atom. The standard InChI is InChI=1S/C15H23N3O3S/c1-13(2,3)21-12(19)18-10(7-20-14(18,4)5)11-17-15(6,8-16)9-22-11/h10H,7,9H2,1-6H3/t10-,15-/m0/s1. The molecule has 6 nitrogen and oxygen atoms in total. The molecule has 2 aliphatic heterocycles. The third-order valence-corrected chi connectivity index (χ3v) is 4.83. The van der Waals surface area contributed by atoms with Gasteiger partial charge in [0.1, 0.15) is 17.4 Å². The molecule has 0 aromatic rings. The lowest BCUT2D eigenvalue weighted by atomic mass is 10.1. The molecule has 122 valence electrons. The van der Waals surface area contributed by atoms with Crippen LogP contribution in [0.15, 0.2) is 4.99 Å². The number of thioether (sulfide) groups is 1. The summed E-state index contributed by atoms with van der Waals surface area (Å²) in [5, 5.41) is 9.97. The normalized spacial score (nSPS) is 30.9. The topological polar surface area (TPSA) is 74.9 Å². The molecule has 0 aliphatic carbocycles. The quantitative estimate of drug-likeness (QED) is 0.741. The van der Waals surface area contributed by atoms with Gasteiger partial charge in [-0.15, -0.1) is 11.8 Å². The number of hydrogen-bond acceptors (Lipinski definition) is 6. The van der Waals surface area contributed by atoms with Crippen molar-refractivity contribution in [3.8, 4) is 6.07 Å². The van der Waals surface area contributed by atoms with E-state index in [9.17, 15) is 10.1 Å². The molecule has 0 aromatic carbocycles. The molecule has 2 heterocycles. The molecule has 1 amide bonds. The van der Waals surface area contributed by atoms with Crippen molar-refractivity contribution in [3.63, 3.8) is 0 Å². The zero-order valence-corrected chi connectivity index (χ0v) is 14.8. The number of amides is 1. The SMILES string of the molecule is CC(C)(C)OC(=O)N1[C@H](C2=N[C@@](C)(C#N)CS2)COC1(C)C. The molecule has 0 aromatic heterocycles. The first-order valence-corrected chi connectivity index (χ1v) is 8.26. The number of ether oxygens (including phenoxy) is 2. The molecule has 0 radical (unpaired) electrons. The summed E-state index contributed by atoms with van der Waals surface area (Å²) in [5.74, 6) is 0.595. The van der Waals surface area contributed by atoms with Gasteiger partial charge in [-0.3, -0.25) is 9.89 Å². The van der Waals surface area contributed by atoms with E-state index in [1.807, 2.05) is 34.6 Å². The highest BCUT2D eigenvalue weighted by atomic mass is 32.2. The minimum absolute atomic E-state index is 0.301. The van der Waals surface area contributed by atoms with E-state index < -0.39 is 23.0 Å². The summed E-state index contributed by atoms with van der Waals surface area (Å²) >= 11 is 1.51. The average molecular weight is 325 g/mol. The first-order chi connectivity index (χ1) is 9.97. The van der Waals surface area contributed by atoms with Crippen molar-refractivity contribution < 1.29 is 14.3 Å². The summed E-state index contributed by atoms with van der Waals surface area (Å²) in [7, 11) is 0. The van der Waals surface area contributed by atoms with Crippen molar-refractivity contribution in [1.82, 2.24) is 4.90 Å². The fraction of sp³-hybridized carbons (Fsp3) is 0.800. The Morgan fingerprint density at radius 1 is 1.50 bits per heavy atom. The Labute approximate surface area is 135 Å². The Kier molecular flexibility index (Phi) is 4.22. The number of aliphatic imine (C=N–C) groups is 1. The van der Waals surface area contributed by atoms with Gasteiger partial charge in [-0.05, 0) is 41.5 Å². The lowest BCUT2D eigenvalue weighted by Gasteiger charge is -2.34. The Balaban J connectivity index is 2.27. The average Bonchev–Trinajstić information content (AvgIpc) is 2.88. The smallest absolute Gasteiger partial charge is 0.413 e. The van der Waals surface area contributed by atoms with Gasteiger partial charge in [-0.25, -0.2) is 4.79 Å².